The SMILES string of the molecule is CC1(C)c2ccccc2-c2c(N(c3cccc(-c4cc5c6c(cccc6c4)-c4ccccc4-5)c3)c3ccccc3-c3ccccc3)cccc21. The molecule has 8 aromatic carbocycles. The van der Waals surface area contributed by atoms with Crippen molar-refractivity contribution < 1.29 is 0 Å². The maximum Gasteiger partial charge on any atom is 0.0543 e. The summed E-state index contributed by atoms with van der Waals surface area (Å²) >= 11 is 0. The molecule has 8 aromatic rings. The van der Waals surface area contributed by atoms with E-state index in [1.807, 2.05) is 0 Å². The quantitative estimate of drug-likeness (QED) is 0.181. The van der Waals surface area contributed by atoms with Gasteiger partial charge in [0.1, 0.15) is 0 Å². The molecule has 0 atom stereocenters. The van der Waals surface area contributed by atoms with E-state index in [4.69, 9.17) is 0 Å². The number of benzene rings is 8. The third-order valence-corrected chi connectivity index (χ3v) is 11.0. The molecular formula is C49H35N. The number of fused-ring (bicyclic) bond motifs is 6. The first-order valence-corrected chi connectivity index (χ1v) is 17.5. The zero-order valence-corrected chi connectivity index (χ0v) is 28.2. The van der Waals surface area contributed by atoms with E-state index in [1.165, 1.54) is 83.2 Å². The first-order chi connectivity index (χ1) is 24.6. The van der Waals surface area contributed by atoms with Crippen LogP contribution in [0.25, 0.3) is 66.4 Å². The highest BCUT2D eigenvalue weighted by atomic mass is 15.1. The summed E-state index contributed by atoms with van der Waals surface area (Å²) in [6, 6.07) is 64.9. The normalized spacial score (nSPS) is 13.2. The number of hydrogen-bond acceptors (Lipinski definition) is 1. The topological polar surface area (TPSA) is 3.24 Å². The molecular weight excluding hydrogens is 603 g/mol. The molecule has 0 aliphatic heterocycles. The third kappa shape index (κ3) is 4.20. The van der Waals surface area contributed by atoms with Gasteiger partial charge in [0.15, 0.2) is 0 Å². The summed E-state index contributed by atoms with van der Waals surface area (Å²) in [5.74, 6) is 0. The van der Waals surface area contributed by atoms with Crippen molar-refractivity contribution in [1.82, 2.24) is 0 Å². The lowest BCUT2D eigenvalue weighted by molar-refractivity contribution is 0.660. The second kappa shape index (κ2) is 10.9. The molecule has 0 fully saturated rings. The van der Waals surface area contributed by atoms with Crippen LogP contribution in [-0.2, 0) is 5.41 Å². The van der Waals surface area contributed by atoms with Gasteiger partial charge in [-0.15, -0.1) is 0 Å². The predicted octanol–water partition coefficient (Wildman–Crippen LogP) is 13.6. The van der Waals surface area contributed by atoms with Crippen LogP contribution in [0.1, 0.15) is 25.0 Å². The van der Waals surface area contributed by atoms with Crippen molar-refractivity contribution in [2.75, 3.05) is 4.90 Å². The number of nitrogens with zero attached hydrogens (tertiary/aromatic N) is 1. The number of hydrogen-bond donors (Lipinski definition) is 0. The van der Waals surface area contributed by atoms with Gasteiger partial charge >= 0.3 is 0 Å². The minimum atomic E-state index is -0.0999. The fourth-order valence-corrected chi connectivity index (χ4v) is 8.67. The molecule has 0 unspecified atom stereocenters. The van der Waals surface area contributed by atoms with Crippen LogP contribution in [0, 0.1) is 0 Å². The van der Waals surface area contributed by atoms with Crippen molar-refractivity contribution in [1.29, 1.82) is 0 Å². The maximum atomic E-state index is 2.50. The lowest BCUT2D eigenvalue weighted by atomic mass is 9.82. The second-order valence-electron chi connectivity index (χ2n) is 14.1. The first kappa shape index (κ1) is 28.8. The number of para-hydroxylation sites is 1. The zero-order valence-electron chi connectivity index (χ0n) is 28.2. The van der Waals surface area contributed by atoms with Crippen molar-refractivity contribution in [2.24, 2.45) is 0 Å². The molecule has 1 heteroatoms. The lowest BCUT2D eigenvalue weighted by Crippen LogP contribution is -2.16. The van der Waals surface area contributed by atoms with Crippen LogP contribution >= 0.6 is 0 Å². The van der Waals surface area contributed by atoms with E-state index in [2.05, 4.69) is 195 Å². The van der Waals surface area contributed by atoms with Crippen molar-refractivity contribution >= 4 is 27.8 Å². The van der Waals surface area contributed by atoms with Crippen LogP contribution in [0.4, 0.5) is 17.1 Å². The van der Waals surface area contributed by atoms with E-state index in [-0.39, 0.29) is 5.41 Å². The zero-order chi connectivity index (χ0) is 33.4. The maximum absolute atomic E-state index is 2.50. The summed E-state index contributed by atoms with van der Waals surface area (Å²) in [4.78, 5) is 2.50. The van der Waals surface area contributed by atoms with Crippen LogP contribution in [0.5, 0.6) is 0 Å². The first-order valence-electron chi connectivity index (χ1n) is 17.5. The molecule has 0 aromatic heterocycles. The fourth-order valence-electron chi connectivity index (χ4n) is 8.67. The Hall–Kier alpha value is -6.18. The molecule has 0 N–H and O–H groups in total. The monoisotopic (exact) mass is 637 g/mol. The molecule has 10 rings (SSSR count). The van der Waals surface area contributed by atoms with Crippen molar-refractivity contribution in [3.05, 3.63) is 187 Å². The van der Waals surface area contributed by atoms with Gasteiger partial charge in [-0.1, -0.05) is 153 Å². The summed E-state index contributed by atoms with van der Waals surface area (Å²) < 4.78 is 0. The molecule has 0 spiro atoms. The second-order valence-corrected chi connectivity index (χ2v) is 14.1. The van der Waals surface area contributed by atoms with Gasteiger partial charge in [0.25, 0.3) is 0 Å². The molecule has 50 heavy (non-hydrogen) atoms. The van der Waals surface area contributed by atoms with Gasteiger partial charge in [0.2, 0.25) is 0 Å². The Balaban J connectivity index is 1.22. The van der Waals surface area contributed by atoms with Gasteiger partial charge in [-0.2, -0.15) is 0 Å². The standard InChI is InChI=1S/C49H35N/c1-49(2)43-25-10-8-23-41(43)48-44(49)26-14-28-46(48)50(45-27-11-9-20-37(45)32-15-4-3-5-16-32)36-19-12-17-33(30-36)35-29-34-18-13-24-40-38-21-6-7-22-39(38)42(31-35)47(34)40/h3-31H,1-2H3. The summed E-state index contributed by atoms with van der Waals surface area (Å²) in [6.45, 7) is 4.72. The Morgan fingerprint density at radius 2 is 0.980 bits per heavy atom. The van der Waals surface area contributed by atoms with Crippen LogP contribution in [-0.4, -0.2) is 0 Å². The molecule has 2 aliphatic rings. The summed E-state index contributed by atoms with van der Waals surface area (Å²) in [7, 11) is 0. The highest BCUT2D eigenvalue weighted by molar-refractivity contribution is 6.16. The molecule has 0 saturated heterocycles. The van der Waals surface area contributed by atoms with Gasteiger partial charge < -0.3 is 4.90 Å². The van der Waals surface area contributed by atoms with Crippen LogP contribution in [0.3, 0.4) is 0 Å². The summed E-state index contributed by atoms with van der Waals surface area (Å²) in [6.07, 6.45) is 0. The fraction of sp³-hybridized carbons (Fsp3) is 0.0612. The average molecular weight is 638 g/mol. The predicted molar refractivity (Wildman–Crippen MR) is 211 cm³/mol. The minimum absolute atomic E-state index is 0.0999. The number of rotatable bonds is 5. The van der Waals surface area contributed by atoms with Crippen LogP contribution < -0.4 is 4.90 Å². The smallest absolute Gasteiger partial charge is 0.0543 e. The molecule has 0 heterocycles. The summed E-state index contributed by atoms with van der Waals surface area (Å²) in [5.41, 5.74) is 18.9. The van der Waals surface area contributed by atoms with Gasteiger partial charge in [-0.05, 0) is 103 Å². The third-order valence-electron chi connectivity index (χ3n) is 11.0. The lowest BCUT2D eigenvalue weighted by Gasteiger charge is -2.31. The molecule has 0 bridgehead atoms. The molecule has 2 aliphatic carbocycles. The van der Waals surface area contributed by atoms with E-state index in [0.29, 0.717) is 0 Å². The number of anilines is 3. The Kier molecular flexibility index (Phi) is 6.29. The molecule has 236 valence electrons. The molecule has 1 nitrogen and oxygen atoms in total. The Morgan fingerprint density at radius 1 is 0.380 bits per heavy atom. The minimum Gasteiger partial charge on any atom is -0.309 e. The Bertz CT molecular complexity index is 2630. The molecule has 0 amide bonds. The Labute approximate surface area is 293 Å². The highest BCUT2D eigenvalue weighted by Gasteiger charge is 2.38. The van der Waals surface area contributed by atoms with Gasteiger partial charge in [-0.25, -0.2) is 0 Å². The van der Waals surface area contributed by atoms with Crippen molar-refractivity contribution in [3.8, 4) is 55.6 Å². The van der Waals surface area contributed by atoms with Crippen LogP contribution in [0.15, 0.2) is 176 Å². The Morgan fingerprint density at radius 3 is 1.82 bits per heavy atom. The van der Waals surface area contributed by atoms with E-state index in [1.54, 1.807) is 0 Å². The van der Waals surface area contributed by atoms with Gasteiger partial charge in [0.05, 0.1) is 11.4 Å². The largest absolute Gasteiger partial charge is 0.309 e. The highest BCUT2D eigenvalue weighted by Crippen LogP contribution is 2.55. The van der Waals surface area contributed by atoms with Crippen molar-refractivity contribution in [2.45, 2.75) is 19.3 Å². The van der Waals surface area contributed by atoms with E-state index in [9.17, 15) is 0 Å². The van der Waals surface area contributed by atoms with Crippen molar-refractivity contribution in [3.63, 3.8) is 0 Å². The van der Waals surface area contributed by atoms with Gasteiger partial charge in [-0.3, -0.25) is 0 Å². The van der Waals surface area contributed by atoms with E-state index in [0.717, 1.165) is 11.4 Å². The average Bonchev–Trinajstić information content (AvgIpc) is 3.62. The van der Waals surface area contributed by atoms with E-state index >= 15 is 0 Å². The van der Waals surface area contributed by atoms with Gasteiger partial charge in [0, 0.05) is 22.2 Å². The van der Waals surface area contributed by atoms with Crippen LogP contribution in [0.2, 0.25) is 0 Å². The molecule has 0 saturated carbocycles. The molecule has 0 radical (unpaired) electrons. The summed E-state index contributed by atoms with van der Waals surface area (Å²) in [5, 5.41) is 2.63. The van der Waals surface area contributed by atoms with E-state index < -0.39 is 0 Å².